The number of halogens is 2. The molecular formula is C8H6Cl2O2S. The van der Waals surface area contributed by atoms with Gasteiger partial charge in [-0.2, -0.15) is 0 Å². The Labute approximate surface area is 86.2 Å². The van der Waals surface area contributed by atoms with Crippen molar-refractivity contribution in [3.05, 3.63) is 41.3 Å². The van der Waals surface area contributed by atoms with Gasteiger partial charge in [-0.25, -0.2) is 8.42 Å². The Balaban J connectivity index is 3.06. The molecule has 0 amide bonds. The van der Waals surface area contributed by atoms with Crippen LogP contribution >= 0.6 is 22.3 Å². The number of hydrogen-bond donors (Lipinski definition) is 0. The summed E-state index contributed by atoms with van der Waals surface area (Å²) in [4.78, 5) is 0. The first kappa shape index (κ1) is 10.6. The van der Waals surface area contributed by atoms with E-state index in [1.54, 1.807) is 24.3 Å². The Hall–Kier alpha value is -0.510. The fourth-order valence-corrected chi connectivity index (χ4v) is 2.05. The van der Waals surface area contributed by atoms with E-state index < -0.39 is 9.05 Å². The summed E-state index contributed by atoms with van der Waals surface area (Å²) in [6, 6.07) is 8.71. The maximum absolute atomic E-state index is 10.6. The van der Waals surface area contributed by atoms with E-state index in [0.29, 0.717) is 5.56 Å². The summed E-state index contributed by atoms with van der Waals surface area (Å²) in [5.74, 6) is 0. The first-order valence-corrected chi connectivity index (χ1v) is 6.11. The van der Waals surface area contributed by atoms with Crippen LogP contribution in [0.4, 0.5) is 0 Å². The molecular weight excluding hydrogens is 231 g/mol. The standard InChI is InChI=1S/C8H6Cl2O2S/c9-8(6-13(10,11)12)7-4-2-1-3-5-7/h1-6H/b8-6+. The summed E-state index contributed by atoms with van der Waals surface area (Å²) in [5, 5.41) is 0.918. The third-order valence-corrected chi connectivity index (χ3v) is 2.54. The Morgan fingerprint density at radius 1 is 1.23 bits per heavy atom. The Morgan fingerprint density at radius 2 is 1.77 bits per heavy atom. The van der Waals surface area contributed by atoms with Gasteiger partial charge in [-0.1, -0.05) is 41.9 Å². The molecule has 70 valence electrons. The van der Waals surface area contributed by atoms with Crippen LogP contribution in [0.2, 0.25) is 0 Å². The summed E-state index contributed by atoms with van der Waals surface area (Å²) in [5.41, 5.74) is 0.619. The first-order chi connectivity index (χ1) is 5.99. The lowest BCUT2D eigenvalue weighted by Gasteiger charge is -1.95. The highest BCUT2D eigenvalue weighted by Crippen LogP contribution is 2.20. The molecule has 0 aliphatic carbocycles. The van der Waals surface area contributed by atoms with E-state index in [4.69, 9.17) is 22.3 Å². The number of hydrogen-bond acceptors (Lipinski definition) is 2. The van der Waals surface area contributed by atoms with Gasteiger partial charge in [0.25, 0.3) is 9.05 Å². The molecule has 1 aromatic carbocycles. The SMILES string of the molecule is O=S(=O)(Cl)/C=C(/Cl)c1ccccc1. The van der Waals surface area contributed by atoms with Gasteiger partial charge in [0, 0.05) is 10.7 Å². The van der Waals surface area contributed by atoms with Crippen LogP contribution in [-0.4, -0.2) is 8.42 Å². The molecule has 5 heteroatoms. The van der Waals surface area contributed by atoms with Gasteiger partial charge in [0.2, 0.25) is 0 Å². The Kier molecular flexibility index (Phi) is 3.36. The van der Waals surface area contributed by atoms with Crippen molar-refractivity contribution in [2.24, 2.45) is 0 Å². The Morgan fingerprint density at radius 3 is 2.23 bits per heavy atom. The topological polar surface area (TPSA) is 34.1 Å². The monoisotopic (exact) mass is 236 g/mol. The van der Waals surface area contributed by atoms with Crippen LogP contribution < -0.4 is 0 Å². The second-order valence-corrected chi connectivity index (χ2v) is 5.19. The van der Waals surface area contributed by atoms with Crippen LogP contribution in [0.3, 0.4) is 0 Å². The van der Waals surface area contributed by atoms with Gasteiger partial charge in [-0.05, 0) is 5.56 Å². The molecule has 0 atom stereocenters. The van der Waals surface area contributed by atoms with Crippen molar-refractivity contribution in [3.63, 3.8) is 0 Å². The molecule has 0 unspecified atom stereocenters. The lowest BCUT2D eigenvalue weighted by atomic mass is 10.2. The van der Waals surface area contributed by atoms with Crippen molar-refractivity contribution in [2.45, 2.75) is 0 Å². The second kappa shape index (κ2) is 4.13. The zero-order chi connectivity index (χ0) is 9.90. The molecule has 0 heterocycles. The third kappa shape index (κ3) is 3.81. The molecule has 1 rings (SSSR count). The van der Waals surface area contributed by atoms with E-state index in [-0.39, 0.29) is 5.03 Å². The van der Waals surface area contributed by atoms with Gasteiger partial charge in [0.05, 0.1) is 10.4 Å². The summed E-state index contributed by atoms with van der Waals surface area (Å²) < 4.78 is 21.2. The minimum Gasteiger partial charge on any atom is -0.207 e. The van der Waals surface area contributed by atoms with Crippen molar-refractivity contribution in [1.82, 2.24) is 0 Å². The predicted molar refractivity (Wildman–Crippen MR) is 55.0 cm³/mol. The minimum absolute atomic E-state index is 0.107. The van der Waals surface area contributed by atoms with Crippen molar-refractivity contribution < 1.29 is 8.42 Å². The van der Waals surface area contributed by atoms with Gasteiger partial charge in [0.15, 0.2) is 0 Å². The van der Waals surface area contributed by atoms with Crippen LogP contribution in [0.1, 0.15) is 5.56 Å². The fraction of sp³-hybridized carbons (Fsp3) is 0. The van der Waals surface area contributed by atoms with E-state index in [1.807, 2.05) is 6.07 Å². The average molecular weight is 237 g/mol. The molecule has 0 fully saturated rings. The van der Waals surface area contributed by atoms with Crippen LogP contribution in [0.15, 0.2) is 35.7 Å². The van der Waals surface area contributed by atoms with Crippen LogP contribution in [0.5, 0.6) is 0 Å². The van der Waals surface area contributed by atoms with E-state index in [1.165, 1.54) is 0 Å². The van der Waals surface area contributed by atoms with Gasteiger partial charge in [-0.3, -0.25) is 0 Å². The summed E-state index contributed by atoms with van der Waals surface area (Å²) in [6.07, 6.45) is 0. The first-order valence-electron chi connectivity index (χ1n) is 3.36. The molecule has 0 aromatic heterocycles. The Bertz CT molecular complexity index is 409. The molecule has 0 aliphatic rings. The molecule has 0 bridgehead atoms. The second-order valence-electron chi connectivity index (χ2n) is 2.31. The molecule has 1 aromatic rings. The maximum Gasteiger partial charge on any atom is 0.255 e. The summed E-state index contributed by atoms with van der Waals surface area (Å²) in [7, 11) is 1.30. The zero-order valence-corrected chi connectivity index (χ0v) is 8.77. The van der Waals surface area contributed by atoms with Crippen molar-refractivity contribution in [3.8, 4) is 0 Å². The van der Waals surface area contributed by atoms with Crippen molar-refractivity contribution >= 4 is 36.4 Å². The van der Waals surface area contributed by atoms with Gasteiger partial charge >= 0.3 is 0 Å². The molecule has 0 aliphatic heterocycles. The molecule has 13 heavy (non-hydrogen) atoms. The quantitative estimate of drug-likeness (QED) is 0.741. The molecule has 0 radical (unpaired) electrons. The number of rotatable bonds is 2. The highest BCUT2D eigenvalue weighted by atomic mass is 35.7. The largest absolute Gasteiger partial charge is 0.255 e. The van der Waals surface area contributed by atoms with Crippen LogP contribution in [0, 0.1) is 0 Å². The van der Waals surface area contributed by atoms with Gasteiger partial charge in [-0.15, -0.1) is 0 Å². The van der Waals surface area contributed by atoms with Gasteiger partial charge in [0.1, 0.15) is 0 Å². The fourth-order valence-electron chi connectivity index (χ4n) is 0.789. The molecule has 2 nitrogen and oxygen atoms in total. The zero-order valence-electron chi connectivity index (χ0n) is 6.44. The summed E-state index contributed by atoms with van der Waals surface area (Å²) in [6.45, 7) is 0. The highest BCUT2D eigenvalue weighted by molar-refractivity contribution is 8.16. The maximum atomic E-state index is 10.6. The van der Waals surface area contributed by atoms with E-state index in [9.17, 15) is 8.42 Å². The lowest BCUT2D eigenvalue weighted by Crippen LogP contribution is -1.83. The van der Waals surface area contributed by atoms with E-state index in [2.05, 4.69) is 0 Å². The van der Waals surface area contributed by atoms with Crippen LogP contribution in [0.25, 0.3) is 5.03 Å². The lowest BCUT2D eigenvalue weighted by molar-refractivity contribution is 0.617. The molecule has 0 spiro atoms. The van der Waals surface area contributed by atoms with Crippen LogP contribution in [-0.2, 0) is 9.05 Å². The smallest absolute Gasteiger partial charge is 0.207 e. The number of benzene rings is 1. The molecule has 0 N–H and O–H groups in total. The average Bonchev–Trinajstić information content (AvgIpc) is 2.03. The molecule has 0 saturated heterocycles. The third-order valence-electron chi connectivity index (χ3n) is 1.29. The van der Waals surface area contributed by atoms with Gasteiger partial charge < -0.3 is 0 Å². The van der Waals surface area contributed by atoms with Crippen molar-refractivity contribution in [2.75, 3.05) is 0 Å². The predicted octanol–water partition coefficient (Wildman–Crippen LogP) is 2.79. The molecule has 0 saturated carbocycles. The summed E-state index contributed by atoms with van der Waals surface area (Å²) >= 11 is 5.69. The van der Waals surface area contributed by atoms with E-state index in [0.717, 1.165) is 5.41 Å². The van der Waals surface area contributed by atoms with E-state index >= 15 is 0 Å². The normalized spacial score (nSPS) is 12.9. The minimum atomic E-state index is -3.69. The van der Waals surface area contributed by atoms with Crippen molar-refractivity contribution in [1.29, 1.82) is 0 Å². The highest BCUT2D eigenvalue weighted by Gasteiger charge is 2.03.